The molecule has 0 atom stereocenters. The summed E-state index contributed by atoms with van der Waals surface area (Å²) in [5.74, 6) is -0.220. The third kappa shape index (κ3) is 5.12. The predicted molar refractivity (Wildman–Crippen MR) is 127 cm³/mol. The van der Waals surface area contributed by atoms with Crippen LogP contribution < -0.4 is 19.7 Å². The first kappa shape index (κ1) is 22.3. The molecule has 1 N–H and O–H groups in total. The molecule has 0 radical (unpaired) electrons. The lowest BCUT2D eigenvalue weighted by molar-refractivity contribution is -0.122. The quantitative estimate of drug-likeness (QED) is 0.386. The van der Waals surface area contributed by atoms with Gasteiger partial charge in [0.05, 0.1) is 12.8 Å². The van der Waals surface area contributed by atoms with E-state index < -0.39 is 17.8 Å². The van der Waals surface area contributed by atoms with Crippen LogP contribution in [0.2, 0.25) is 0 Å². The van der Waals surface area contributed by atoms with E-state index in [2.05, 4.69) is 21.2 Å². The van der Waals surface area contributed by atoms with Crippen molar-refractivity contribution in [3.8, 4) is 11.5 Å². The fourth-order valence-corrected chi connectivity index (χ4v) is 3.46. The molecule has 166 valence electrons. The first-order chi connectivity index (χ1) is 15.9. The summed E-state index contributed by atoms with van der Waals surface area (Å²) in [5.41, 5.74) is 1.80. The summed E-state index contributed by atoms with van der Waals surface area (Å²) in [7, 11) is 1.55. The number of urea groups is 1. The van der Waals surface area contributed by atoms with E-state index in [1.807, 2.05) is 24.3 Å². The van der Waals surface area contributed by atoms with Crippen molar-refractivity contribution >= 4 is 45.5 Å². The molecule has 1 fully saturated rings. The molecule has 0 saturated carbocycles. The van der Waals surface area contributed by atoms with Gasteiger partial charge < -0.3 is 9.47 Å². The molecule has 33 heavy (non-hydrogen) atoms. The van der Waals surface area contributed by atoms with Crippen molar-refractivity contribution < 1.29 is 23.9 Å². The van der Waals surface area contributed by atoms with E-state index in [0.29, 0.717) is 29.4 Å². The molecular formula is C25H19BrN2O5. The van der Waals surface area contributed by atoms with Gasteiger partial charge in [0.2, 0.25) is 0 Å². The summed E-state index contributed by atoms with van der Waals surface area (Å²) < 4.78 is 11.9. The van der Waals surface area contributed by atoms with Gasteiger partial charge in [-0.3, -0.25) is 14.9 Å². The van der Waals surface area contributed by atoms with Gasteiger partial charge in [0.1, 0.15) is 23.7 Å². The average Bonchev–Trinajstić information content (AvgIpc) is 2.82. The number of benzene rings is 3. The SMILES string of the molecule is COc1ccc(/C=C2\C(=O)NC(=O)N(c3ccc(OCc4ccc(Br)cc4)cc3)C2=O)cc1. The highest BCUT2D eigenvalue weighted by Gasteiger charge is 2.36. The monoisotopic (exact) mass is 506 g/mol. The van der Waals surface area contributed by atoms with Gasteiger partial charge in [0.15, 0.2) is 0 Å². The summed E-state index contributed by atoms with van der Waals surface area (Å²) in [4.78, 5) is 38.7. The van der Waals surface area contributed by atoms with Crippen LogP contribution in [0.1, 0.15) is 11.1 Å². The minimum atomic E-state index is -0.805. The number of amides is 4. The Morgan fingerprint density at radius 3 is 2.15 bits per heavy atom. The second-order valence-electron chi connectivity index (χ2n) is 7.14. The summed E-state index contributed by atoms with van der Waals surface area (Å²) in [6.45, 7) is 0.374. The molecule has 0 bridgehead atoms. The van der Waals surface area contributed by atoms with Crippen molar-refractivity contribution in [2.75, 3.05) is 12.0 Å². The number of rotatable bonds is 6. The van der Waals surface area contributed by atoms with Crippen molar-refractivity contribution in [1.29, 1.82) is 0 Å². The smallest absolute Gasteiger partial charge is 0.335 e. The second kappa shape index (κ2) is 9.70. The predicted octanol–water partition coefficient (Wildman–Crippen LogP) is 4.70. The number of barbiturate groups is 1. The normalized spacial score (nSPS) is 14.9. The van der Waals surface area contributed by atoms with E-state index in [1.165, 1.54) is 6.08 Å². The van der Waals surface area contributed by atoms with Crippen molar-refractivity contribution in [2.45, 2.75) is 6.61 Å². The fraction of sp³-hybridized carbons (Fsp3) is 0.0800. The second-order valence-corrected chi connectivity index (χ2v) is 8.06. The van der Waals surface area contributed by atoms with Gasteiger partial charge >= 0.3 is 6.03 Å². The molecule has 3 aromatic carbocycles. The Morgan fingerprint density at radius 2 is 1.52 bits per heavy atom. The maximum absolute atomic E-state index is 13.0. The Kier molecular flexibility index (Phi) is 6.55. The lowest BCUT2D eigenvalue weighted by atomic mass is 10.1. The zero-order chi connectivity index (χ0) is 23.4. The number of hydrogen-bond donors (Lipinski definition) is 1. The van der Waals surface area contributed by atoms with Gasteiger partial charge in [-0.15, -0.1) is 0 Å². The first-order valence-electron chi connectivity index (χ1n) is 9.97. The van der Waals surface area contributed by atoms with Gasteiger partial charge in [-0.05, 0) is 65.7 Å². The summed E-state index contributed by atoms with van der Waals surface area (Å²) in [6.07, 6.45) is 1.44. The first-order valence-corrected chi connectivity index (χ1v) is 10.8. The number of imide groups is 2. The highest BCUT2D eigenvalue weighted by molar-refractivity contribution is 9.10. The molecule has 0 aromatic heterocycles. The van der Waals surface area contributed by atoms with E-state index in [0.717, 1.165) is 14.9 Å². The zero-order valence-corrected chi connectivity index (χ0v) is 19.2. The largest absolute Gasteiger partial charge is 0.497 e. The van der Waals surface area contributed by atoms with Gasteiger partial charge in [-0.1, -0.05) is 40.2 Å². The molecule has 0 spiro atoms. The van der Waals surface area contributed by atoms with E-state index in [4.69, 9.17) is 9.47 Å². The maximum Gasteiger partial charge on any atom is 0.335 e. The lowest BCUT2D eigenvalue weighted by Crippen LogP contribution is -2.54. The van der Waals surface area contributed by atoms with Crippen LogP contribution in [0, 0.1) is 0 Å². The van der Waals surface area contributed by atoms with Crippen LogP contribution in [-0.4, -0.2) is 25.0 Å². The number of carbonyl (C=O) groups is 3. The molecule has 1 aliphatic heterocycles. The Morgan fingerprint density at radius 1 is 0.879 bits per heavy atom. The fourth-order valence-electron chi connectivity index (χ4n) is 3.20. The number of nitrogens with one attached hydrogen (secondary N) is 1. The molecule has 1 saturated heterocycles. The Bertz CT molecular complexity index is 1220. The number of methoxy groups -OCH3 is 1. The molecule has 8 heteroatoms. The minimum Gasteiger partial charge on any atom is -0.497 e. The Balaban J connectivity index is 1.51. The third-order valence-electron chi connectivity index (χ3n) is 4.94. The summed E-state index contributed by atoms with van der Waals surface area (Å²) >= 11 is 3.39. The van der Waals surface area contributed by atoms with Crippen molar-refractivity contribution in [3.05, 3.63) is 94.0 Å². The van der Waals surface area contributed by atoms with Crippen LogP contribution in [0.4, 0.5) is 10.5 Å². The molecule has 4 amide bonds. The van der Waals surface area contributed by atoms with Crippen LogP contribution in [0.5, 0.6) is 11.5 Å². The number of anilines is 1. The van der Waals surface area contributed by atoms with E-state index in [9.17, 15) is 14.4 Å². The Labute approximate surface area is 198 Å². The van der Waals surface area contributed by atoms with Crippen molar-refractivity contribution in [2.24, 2.45) is 0 Å². The molecule has 0 aliphatic carbocycles. The standard InChI is InChI=1S/C25H19BrN2O5/c1-32-20-10-4-16(5-11-20)14-22-23(29)27-25(31)28(24(22)30)19-8-12-21(13-9-19)33-15-17-2-6-18(26)7-3-17/h2-14H,15H2,1H3,(H,27,29,31)/b22-14+. The van der Waals surface area contributed by atoms with E-state index in [-0.39, 0.29) is 5.57 Å². The minimum absolute atomic E-state index is 0.143. The van der Waals surface area contributed by atoms with Gasteiger partial charge in [-0.2, -0.15) is 0 Å². The number of halogens is 1. The third-order valence-corrected chi connectivity index (χ3v) is 5.47. The topological polar surface area (TPSA) is 84.9 Å². The number of nitrogens with zero attached hydrogens (tertiary/aromatic N) is 1. The van der Waals surface area contributed by atoms with Crippen molar-refractivity contribution in [3.63, 3.8) is 0 Å². The lowest BCUT2D eigenvalue weighted by Gasteiger charge is -2.26. The molecule has 0 unspecified atom stereocenters. The average molecular weight is 507 g/mol. The van der Waals surface area contributed by atoms with Crippen LogP contribution in [0.3, 0.4) is 0 Å². The summed E-state index contributed by atoms with van der Waals surface area (Å²) in [6, 6.07) is 20.3. The van der Waals surface area contributed by atoms with Gasteiger partial charge in [-0.25, -0.2) is 9.69 Å². The van der Waals surface area contributed by atoms with E-state index >= 15 is 0 Å². The van der Waals surface area contributed by atoms with Gasteiger partial charge in [0.25, 0.3) is 11.8 Å². The Hall–Kier alpha value is -3.91. The summed E-state index contributed by atoms with van der Waals surface area (Å²) in [5, 5.41) is 2.22. The van der Waals surface area contributed by atoms with Crippen LogP contribution >= 0.6 is 15.9 Å². The number of ether oxygens (including phenoxy) is 2. The molecule has 3 aromatic rings. The van der Waals surface area contributed by atoms with Crippen molar-refractivity contribution in [1.82, 2.24) is 5.32 Å². The van der Waals surface area contributed by atoms with Gasteiger partial charge in [0, 0.05) is 4.47 Å². The molecule has 7 nitrogen and oxygen atoms in total. The molecule has 4 rings (SSSR count). The highest BCUT2D eigenvalue weighted by atomic mass is 79.9. The highest BCUT2D eigenvalue weighted by Crippen LogP contribution is 2.25. The zero-order valence-electron chi connectivity index (χ0n) is 17.6. The maximum atomic E-state index is 13.0. The van der Waals surface area contributed by atoms with Crippen LogP contribution in [0.25, 0.3) is 6.08 Å². The van der Waals surface area contributed by atoms with Crippen LogP contribution in [0.15, 0.2) is 82.8 Å². The van der Waals surface area contributed by atoms with E-state index in [1.54, 1.807) is 55.6 Å². The number of carbonyl (C=O) groups excluding carboxylic acids is 3. The van der Waals surface area contributed by atoms with Crippen LogP contribution in [-0.2, 0) is 16.2 Å². The molecule has 1 heterocycles. The number of hydrogen-bond acceptors (Lipinski definition) is 5. The molecule has 1 aliphatic rings. The molecular weight excluding hydrogens is 488 g/mol.